The van der Waals surface area contributed by atoms with Crippen LogP contribution in [0.2, 0.25) is 0 Å². The van der Waals surface area contributed by atoms with Crippen LogP contribution >= 0.6 is 22.7 Å². The van der Waals surface area contributed by atoms with Gasteiger partial charge in [0, 0.05) is 15.4 Å². The molecule has 2 heterocycles. The smallest absolute Gasteiger partial charge is 0.119 e. The molecule has 2 aromatic heterocycles. The highest BCUT2D eigenvalue weighted by Crippen LogP contribution is 2.34. The molecule has 0 bridgehead atoms. The van der Waals surface area contributed by atoms with Crippen LogP contribution in [0, 0.1) is 6.92 Å². The summed E-state index contributed by atoms with van der Waals surface area (Å²) in [5.41, 5.74) is 2.33. The Morgan fingerprint density at radius 1 is 1.00 bits per heavy atom. The molecule has 4 heteroatoms. The zero-order chi connectivity index (χ0) is 14.7. The van der Waals surface area contributed by atoms with E-state index in [0.29, 0.717) is 0 Å². The molecule has 0 unspecified atom stereocenters. The van der Waals surface area contributed by atoms with Gasteiger partial charge in [-0.2, -0.15) is 0 Å². The molecule has 0 atom stereocenters. The molecule has 0 spiro atoms. The minimum absolute atomic E-state index is 0.206. The third kappa shape index (κ3) is 3.12. The SMILES string of the molecule is COc1ccc(NC(c2cccs2)c2cccs2)c(C)c1. The van der Waals surface area contributed by atoms with Crippen molar-refractivity contribution >= 4 is 28.4 Å². The van der Waals surface area contributed by atoms with E-state index in [0.717, 1.165) is 11.4 Å². The first-order chi connectivity index (χ1) is 10.3. The monoisotopic (exact) mass is 315 g/mol. The van der Waals surface area contributed by atoms with Gasteiger partial charge in [0.25, 0.3) is 0 Å². The molecule has 0 amide bonds. The fourth-order valence-electron chi connectivity index (χ4n) is 2.27. The lowest BCUT2D eigenvalue weighted by Crippen LogP contribution is -2.10. The summed E-state index contributed by atoms with van der Waals surface area (Å²) in [5, 5.41) is 7.92. The van der Waals surface area contributed by atoms with E-state index in [1.807, 2.05) is 6.07 Å². The molecule has 0 aliphatic rings. The third-order valence-electron chi connectivity index (χ3n) is 3.39. The van der Waals surface area contributed by atoms with Crippen LogP contribution in [0.15, 0.2) is 53.2 Å². The number of nitrogens with one attached hydrogen (secondary N) is 1. The molecule has 108 valence electrons. The van der Waals surface area contributed by atoms with Gasteiger partial charge in [-0.3, -0.25) is 0 Å². The van der Waals surface area contributed by atoms with Crippen molar-refractivity contribution in [1.82, 2.24) is 0 Å². The van der Waals surface area contributed by atoms with E-state index in [-0.39, 0.29) is 6.04 Å². The number of benzene rings is 1. The number of ether oxygens (including phenoxy) is 1. The second-order valence-electron chi connectivity index (χ2n) is 4.79. The molecular formula is C17H17NOS2. The second-order valence-corrected chi connectivity index (χ2v) is 6.75. The van der Waals surface area contributed by atoms with Crippen molar-refractivity contribution in [2.45, 2.75) is 13.0 Å². The summed E-state index contributed by atoms with van der Waals surface area (Å²) in [6.45, 7) is 2.10. The van der Waals surface area contributed by atoms with E-state index in [4.69, 9.17) is 4.74 Å². The zero-order valence-electron chi connectivity index (χ0n) is 12.0. The van der Waals surface area contributed by atoms with Crippen LogP contribution in [0.1, 0.15) is 21.4 Å². The fourth-order valence-corrected chi connectivity index (χ4v) is 3.94. The van der Waals surface area contributed by atoms with E-state index >= 15 is 0 Å². The van der Waals surface area contributed by atoms with Gasteiger partial charge in [0.05, 0.1) is 13.2 Å². The summed E-state index contributed by atoms with van der Waals surface area (Å²) < 4.78 is 5.28. The lowest BCUT2D eigenvalue weighted by molar-refractivity contribution is 0.414. The van der Waals surface area contributed by atoms with Gasteiger partial charge in [0.2, 0.25) is 0 Å². The highest BCUT2D eigenvalue weighted by molar-refractivity contribution is 7.11. The van der Waals surface area contributed by atoms with Gasteiger partial charge in [0.15, 0.2) is 0 Å². The minimum atomic E-state index is 0.206. The number of hydrogen-bond acceptors (Lipinski definition) is 4. The maximum atomic E-state index is 5.28. The molecule has 21 heavy (non-hydrogen) atoms. The van der Waals surface area contributed by atoms with Crippen LogP contribution < -0.4 is 10.1 Å². The summed E-state index contributed by atoms with van der Waals surface area (Å²) in [5.74, 6) is 0.891. The lowest BCUT2D eigenvalue weighted by atomic mass is 10.1. The van der Waals surface area contributed by atoms with E-state index in [2.05, 4.69) is 59.4 Å². The Labute approximate surface area is 133 Å². The molecule has 2 nitrogen and oxygen atoms in total. The van der Waals surface area contributed by atoms with Crippen LogP contribution in [-0.4, -0.2) is 7.11 Å². The first kappa shape index (κ1) is 14.2. The van der Waals surface area contributed by atoms with Crippen molar-refractivity contribution in [2.75, 3.05) is 12.4 Å². The van der Waals surface area contributed by atoms with Crippen LogP contribution in [0.3, 0.4) is 0 Å². The number of methoxy groups -OCH3 is 1. The Hall–Kier alpha value is -1.78. The second kappa shape index (κ2) is 6.33. The van der Waals surface area contributed by atoms with Crippen molar-refractivity contribution < 1.29 is 4.74 Å². The van der Waals surface area contributed by atoms with E-state index < -0.39 is 0 Å². The molecule has 1 aromatic carbocycles. The lowest BCUT2D eigenvalue weighted by Gasteiger charge is -2.19. The molecule has 0 fully saturated rings. The molecular weight excluding hydrogens is 298 g/mol. The molecule has 0 aliphatic heterocycles. The van der Waals surface area contributed by atoms with Crippen molar-refractivity contribution in [2.24, 2.45) is 0 Å². The molecule has 1 N–H and O–H groups in total. The van der Waals surface area contributed by atoms with Crippen LogP contribution in [-0.2, 0) is 0 Å². The van der Waals surface area contributed by atoms with Crippen LogP contribution in [0.4, 0.5) is 5.69 Å². The van der Waals surface area contributed by atoms with Gasteiger partial charge in [-0.1, -0.05) is 12.1 Å². The van der Waals surface area contributed by atoms with Gasteiger partial charge in [0.1, 0.15) is 5.75 Å². The molecule has 3 aromatic rings. The molecule has 0 radical (unpaired) electrons. The molecule has 3 rings (SSSR count). The zero-order valence-corrected chi connectivity index (χ0v) is 13.6. The van der Waals surface area contributed by atoms with E-state index in [1.54, 1.807) is 29.8 Å². The molecule has 0 aliphatic carbocycles. The Morgan fingerprint density at radius 2 is 1.67 bits per heavy atom. The van der Waals surface area contributed by atoms with Gasteiger partial charge in [-0.05, 0) is 53.6 Å². The van der Waals surface area contributed by atoms with Gasteiger partial charge in [-0.15, -0.1) is 22.7 Å². The highest BCUT2D eigenvalue weighted by atomic mass is 32.1. The summed E-state index contributed by atoms with van der Waals surface area (Å²) in [6, 6.07) is 14.9. The van der Waals surface area contributed by atoms with Crippen molar-refractivity contribution in [3.63, 3.8) is 0 Å². The maximum absolute atomic E-state index is 5.28. The number of hydrogen-bond donors (Lipinski definition) is 1. The topological polar surface area (TPSA) is 21.3 Å². The Bertz CT molecular complexity index is 655. The summed E-state index contributed by atoms with van der Waals surface area (Å²) in [6.07, 6.45) is 0. The normalized spacial score (nSPS) is 10.8. The van der Waals surface area contributed by atoms with Crippen molar-refractivity contribution in [3.8, 4) is 5.75 Å². The molecule has 0 saturated carbocycles. The first-order valence-corrected chi connectivity index (χ1v) is 8.52. The van der Waals surface area contributed by atoms with Crippen molar-refractivity contribution in [3.05, 3.63) is 68.5 Å². The van der Waals surface area contributed by atoms with Crippen LogP contribution in [0.5, 0.6) is 5.75 Å². The maximum Gasteiger partial charge on any atom is 0.119 e. The third-order valence-corrected chi connectivity index (χ3v) is 5.26. The number of thiophene rings is 2. The predicted octanol–water partition coefficient (Wildman–Crippen LogP) is 5.33. The average molecular weight is 315 g/mol. The average Bonchev–Trinajstić information content (AvgIpc) is 3.19. The minimum Gasteiger partial charge on any atom is -0.497 e. The summed E-state index contributed by atoms with van der Waals surface area (Å²) in [7, 11) is 1.70. The number of aryl methyl sites for hydroxylation is 1. The quantitative estimate of drug-likeness (QED) is 0.687. The van der Waals surface area contributed by atoms with Gasteiger partial charge >= 0.3 is 0 Å². The van der Waals surface area contributed by atoms with Gasteiger partial charge in [-0.25, -0.2) is 0 Å². The predicted molar refractivity (Wildman–Crippen MR) is 91.8 cm³/mol. The number of rotatable bonds is 5. The Kier molecular flexibility index (Phi) is 4.27. The van der Waals surface area contributed by atoms with Crippen molar-refractivity contribution in [1.29, 1.82) is 0 Å². The molecule has 0 saturated heterocycles. The summed E-state index contributed by atoms with van der Waals surface area (Å²) in [4.78, 5) is 2.65. The Morgan fingerprint density at radius 3 is 2.14 bits per heavy atom. The fraction of sp³-hybridized carbons (Fsp3) is 0.176. The highest BCUT2D eigenvalue weighted by Gasteiger charge is 2.17. The van der Waals surface area contributed by atoms with E-state index in [1.165, 1.54) is 15.3 Å². The van der Waals surface area contributed by atoms with Gasteiger partial charge < -0.3 is 10.1 Å². The standard InChI is InChI=1S/C17H17NOS2/c1-12-11-13(19-2)7-8-14(12)18-17(15-5-3-9-20-15)16-6-4-10-21-16/h3-11,17-18H,1-2H3. The first-order valence-electron chi connectivity index (χ1n) is 6.76. The summed E-state index contributed by atoms with van der Waals surface area (Å²) >= 11 is 3.56. The van der Waals surface area contributed by atoms with E-state index in [9.17, 15) is 0 Å². The Balaban J connectivity index is 1.92. The largest absolute Gasteiger partial charge is 0.497 e. The number of anilines is 1. The van der Waals surface area contributed by atoms with Crippen LogP contribution in [0.25, 0.3) is 0 Å².